The van der Waals surface area contributed by atoms with Crippen LogP contribution in [0.25, 0.3) is 0 Å². The van der Waals surface area contributed by atoms with Gasteiger partial charge >= 0.3 is 0 Å². The third kappa shape index (κ3) is 5.03. The zero-order chi connectivity index (χ0) is 21.5. The van der Waals surface area contributed by atoms with Crippen molar-refractivity contribution in [1.82, 2.24) is 4.90 Å². The average Bonchev–Trinajstić information content (AvgIpc) is 2.79. The van der Waals surface area contributed by atoms with Crippen molar-refractivity contribution in [2.45, 2.75) is 19.8 Å². The number of ether oxygens (including phenoxy) is 2. The van der Waals surface area contributed by atoms with Gasteiger partial charge in [-0.2, -0.15) is 0 Å². The predicted molar refractivity (Wildman–Crippen MR) is 118 cm³/mol. The normalized spacial score (nSPS) is 13.7. The lowest BCUT2D eigenvalue weighted by Crippen LogP contribution is -2.48. The van der Waals surface area contributed by atoms with Gasteiger partial charge in [0.05, 0.1) is 14.2 Å². The molecule has 0 saturated carbocycles. The van der Waals surface area contributed by atoms with E-state index in [-0.39, 0.29) is 11.8 Å². The van der Waals surface area contributed by atoms with Crippen molar-refractivity contribution in [3.05, 3.63) is 48.0 Å². The molecule has 0 aromatic heterocycles. The molecule has 0 spiro atoms. The number of piperazine rings is 1. The van der Waals surface area contributed by atoms with Crippen LogP contribution in [0.5, 0.6) is 11.5 Å². The Morgan fingerprint density at radius 3 is 2.20 bits per heavy atom. The van der Waals surface area contributed by atoms with E-state index in [1.54, 1.807) is 25.3 Å². The molecule has 0 atom stereocenters. The Bertz CT molecular complexity index is 875. The lowest BCUT2D eigenvalue weighted by Gasteiger charge is -2.36. The topological polar surface area (TPSA) is 71.1 Å². The molecule has 1 heterocycles. The first-order valence-corrected chi connectivity index (χ1v) is 10.2. The molecular formula is C23H29N3O4. The van der Waals surface area contributed by atoms with Crippen LogP contribution in [0.4, 0.5) is 11.4 Å². The Kier molecular flexibility index (Phi) is 7.17. The standard InChI is InChI=1S/C23H29N3O4/c1-4-5-22(27)26-14-12-25(13-15-26)19-9-7-18(8-10-19)24-23(28)17-6-11-20(29-2)21(16-17)30-3/h6-11,16H,4-5,12-15H2,1-3H3,(H,24,28). The Morgan fingerprint density at radius 2 is 1.60 bits per heavy atom. The van der Waals surface area contributed by atoms with Crippen LogP contribution >= 0.6 is 0 Å². The van der Waals surface area contributed by atoms with Gasteiger partial charge in [0.15, 0.2) is 11.5 Å². The molecule has 2 aromatic carbocycles. The first kappa shape index (κ1) is 21.5. The number of benzene rings is 2. The molecule has 7 heteroatoms. The maximum atomic E-state index is 12.6. The maximum absolute atomic E-state index is 12.6. The second-order valence-corrected chi connectivity index (χ2v) is 7.19. The number of carbonyl (C=O) groups excluding carboxylic acids is 2. The molecule has 0 radical (unpaired) electrons. The minimum absolute atomic E-state index is 0.216. The highest BCUT2D eigenvalue weighted by atomic mass is 16.5. The van der Waals surface area contributed by atoms with Crippen molar-refractivity contribution in [2.24, 2.45) is 0 Å². The smallest absolute Gasteiger partial charge is 0.255 e. The molecule has 1 N–H and O–H groups in total. The van der Waals surface area contributed by atoms with E-state index >= 15 is 0 Å². The first-order valence-electron chi connectivity index (χ1n) is 10.2. The number of amides is 2. The van der Waals surface area contributed by atoms with Gasteiger partial charge in [-0.1, -0.05) is 6.92 Å². The number of carbonyl (C=O) groups is 2. The summed E-state index contributed by atoms with van der Waals surface area (Å²) in [6.45, 7) is 5.15. The second-order valence-electron chi connectivity index (χ2n) is 7.19. The molecule has 0 unspecified atom stereocenters. The fraction of sp³-hybridized carbons (Fsp3) is 0.391. The fourth-order valence-electron chi connectivity index (χ4n) is 3.52. The quantitative estimate of drug-likeness (QED) is 0.756. The third-order valence-electron chi connectivity index (χ3n) is 5.23. The Morgan fingerprint density at radius 1 is 0.933 bits per heavy atom. The SMILES string of the molecule is CCCC(=O)N1CCN(c2ccc(NC(=O)c3ccc(OC)c(OC)c3)cc2)CC1. The zero-order valence-electron chi connectivity index (χ0n) is 17.8. The number of methoxy groups -OCH3 is 2. The van der Waals surface area contributed by atoms with Crippen molar-refractivity contribution in [1.29, 1.82) is 0 Å². The lowest BCUT2D eigenvalue weighted by atomic mass is 10.1. The number of nitrogens with one attached hydrogen (secondary N) is 1. The Labute approximate surface area is 177 Å². The van der Waals surface area contributed by atoms with Gasteiger partial charge < -0.3 is 24.6 Å². The van der Waals surface area contributed by atoms with Gasteiger partial charge in [0.25, 0.3) is 5.91 Å². The predicted octanol–water partition coefficient (Wildman–Crippen LogP) is 3.40. The molecule has 1 saturated heterocycles. The first-order chi connectivity index (χ1) is 14.5. The van der Waals surface area contributed by atoms with Gasteiger partial charge in [0, 0.05) is 49.5 Å². The summed E-state index contributed by atoms with van der Waals surface area (Å²) in [6, 6.07) is 12.8. The molecule has 1 aliphatic rings. The van der Waals surface area contributed by atoms with Crippen molar-refractivity contribution >= 4 is 23.2 Å². The summed E-state index contributed by atoms with van der Waals surface area (Å²) in [5, 5.41) is 2.91. The minimum atomic E-state index is -0.216. The van der Waals surface area contributed by atoms with Crippen LogP contribution in [0.3, 0.4) is 0 Å². The fourth-order valence-corrected chi connectivity index (χ4v) is 3.52. The Hall–Kier alpha value is -3.22. The lowest BCUT2D eigenvalue weighted by molar-refractivity contribution is -0.131. The van der Waals surface area contributed by atoms with Crippen molar-refractivity contribution < 1.29 is 19.1 Å². The van der Waals surface area contributed by atoms with E-state index < -0.39 is 0 Å². The monoisotopic (exact) mass is 411 g/mol. The van der Waals surface area contributed by atoms with Gasteiger partial charge in [-0.05, 0) is 48.9 Å². The molecule has 0 aliphatic carbocycles. The van der Waals surface area contributed by atoms with Crippen LogP contribution in [-0.2, 0) is 4.79 Å². The van der Waals surface area contributed by atoms with E-state index in [2.05, 4.69) is 10.2 Å². The van der Waals surface area contributed by atoms with Crippen molar-refractivity contribution in [3.63, 3.8) is 0 Å². The van der Waals surface area contributed by atoms with Crippen LogP contribution in [0.15, 0.2) is 42.5 Å². The van der Waals surface area contributed by atoms with Gasteiger partial charge in [-0.25, -0.2) is 0 Å². The minimum Gasteiger partial charge on any atom is -0.493 e. The molecule has 1 fully saturated rings. The summed E-state index contributed by atoms with van der Waals surface area (Å²) >= 11 is 0. The number of nitrogens with zero attached hydrogens (tertiary/aromatic N) is 2. The van der Waals surface area contributed by atoms with Gasteiger partial charge in [0.2, 0.25) is 5.91 Å². The number of rotatable bonds is 7. The van der Waals surface area contributed by atoms with Crippen LogP contribution < -0.4 is 19.7 Å². The highest BCUT2D eigenvalue weighted by Crippen LogP contribution is 2.28. The van der Waals surface area contributed by atoms with Crippen LogP contribution in [0.2, 0.25) is 0 Å². The van der Waals surface area contributed by atoms with E-state index in [9.17, 15) is 9.59 Å². The molecule has 7 nitrogen and oxygen atoms in total. The average molecular weight is 412 g/mol. The van der Waals surface area contributed by atoms with E-state index in [0.29, 0.717) is 23.5 Å². The second kappa shape index (κ2) is 10.0. The molecule has 3 rings (SSSR count). The third-order valence-corrected chi connectivity index (χ3v) is 5.23. The zero-order valence-corrected chi connectivity index (χ0v) is 17.8. The van der Waals surface area contributed by atoms with Gasteiger partial charge in [-0.3, -0.25) is 9.59 Å². The van der Waals surface area contributed by atoms with Gasteiger partial charge in [0.1, 0.15) is 0 Å². The number of hydrogen-bond donors (Lipinski definition) is 1. The highest BCUT2D eigenvalue weighted by molar-refractivity contribution is 6.04. The summed E-state index contributed by atoms with van der Waals surface area (Å²) < 4.78 is 10.5. The molecule has 2 amide bonds. The van der Waals surface area contributed by atoms with E-state index in [4.69, 9.17) is 9.47 Å². The highest BCUT2D eigenvalue weighted by Gasteiger charge is 2.20. The molecule has 0 bridgehead atoms. The molecule has 1 aliphatic heterocycles. The number of anilines is 2. The van der Waals surface area contributed by atoms with Crippen molar-refractivity contribution in [3.8, 4) is 11.5 Å². The molecule has 160 valence electrons. The van der Waals surface area contributed by atoms with E-state index in [1.807, 2.05) is 36.1 Å². The summed E-state index contributed by atoms with van der Waals surface area (Å²) in [7, 11) is 3.10. The summed E-state index contributed by atoms with van der Waals surface area (Å²) in [5.74, 6) is 1.11. The van der Waals surface area contributed by atoms with Crippen molar-refractivity contribution in [2.75, 3.05) is 50.6 Å². The maximum Gasteiger partial charge on any atom is 0.255 e. The Balaban J connectivity index is 1.59. The van der Waals surface area contributed by atoms with Crippen LogP contribution in [0, 0.1) is 0 Å². The summed E-state index contributed by atoms with van der Waals surface area (Å²) in [6.07, 6.45) is 1.50. The number of hydrogen-bond acceptors (Lipinski definition) is 5. The van der Waals surface area contributed by atoms with E-state index in [0.717, 1.165) is 44.0 Å². The molecule has 2 aromatic rings. The molecular weight excluding hydrogens is 382 g/mol. The van der Waals surface area contributed by atoms with Gasteiger partial charge in [-0.15, -0.1) is 0 Å². The summed E-state index contributed by atoms with van der Waals surface area (Å²) in [4.78, 5) is 28.8. The van der Waals surface area contributed by atoms with E-state index in [1.165, 1.54) is 7.11 Å². The van der Waals surface area contributed by atoms with Crippen LogP contribution in [-0.4, -0.2) is 57.1 Å². The summed E-state index contributed by atoms with van der Waals surface area (Å²) in [5.41, 5.74) is 2.29. The largest absolute Gasteiger partial charge is 0.493 e. The van der Waals surface area contributed by atoms with Crippen LogP contribution in [0.1, 0.15) is 30.1 Å². The molecule has 30 heavy (non-hydrogen) atoms.